The second kappa shape index (κ2) is 4.69. The minimum atomic E-state index is 0.236. The molecule has 0 nitrogen and oxygen atoms in total. The smallest absolute Gasteiger partial charge is 0.0167 e. The third kappa shape index (κ3) is 1.97. The van der Waals surface area contributed by atoms with Crippen molar-refractivity contribution in [2.24, 2.45) is 0 Å². The first-order valence-corrected chi connectivity index (χ1v) is 6.24. The van der Waals surface area contributed by atoms with E-state index in [-0.39, 0.29) is 5.41 Å². The fraction of sp³-hybridized carbons (Fsp3) is 0.375. The van der Waals surface area contributed by atoms with E-state index in [0.29, 0.717) is 0 Å². The van der Waals surface area contributed by atoms with Crippen molar-refractivity contribution in [1.82, 2.24) is 0 Å². The first-order chi connectivity index (χ1) is 7.80. The van der Waals surface area contributed by atoms with Crippen molar-refractivity contribution in [1.29, 1.82) is 0 Å². The number of allylic oxidation sites excluding steroid dienone is 4. The predicted octanol–water partition coefficient (Wildman–Crippen LogP) is 4.63. The van der Waals surface area contributed by atoms with Crippen LogP contribution in [0.15, 0.2) is 54.1 Å². The molecule has 0 heteroatoms. The quantitative estimate of drug-likeness (QED) is 0.685. The molecule has 0 fully saturated rings. The minimum Gasteiger partial charge on any atom is -0.0801 e. The van der Waals surface area contributed by atoms with Gasteiger partial charge in [-0.15, -0.1) is 0 Å². The molecule has 1 aliphatic carbocycles. The van der Waals surface area contributed by atoms with E-state index >= 15 is 0 Å². The molecule has 0 radical (unpaired) electrons. The van der Waals surface area contributed by atoms with Crippen LogP contribution in [0.5, 0.6) is 0 Å². The van der Waals surface area contributed by atoms with Crippen LogP contribution in [0.3, 0.4) is 0 Å². The Morgan fingerprint density at radius 2 is 1.88 bits per heavy atom. The summed E-state index contributed by atoms with van der Waals surface area (Å²) in [6.45, 7) is 4.50. The molecule has 16 heavy (non-hydrogen) atoms. The summed E-state index contributed by atoms with van der Waals surface area (Å²) in [5.41, 5.74) is 3.15. The Morgan fingerprint density at radius 1 is 1.12 bits per heavy atom. The van der Waals surface area contributed by atoms with Crippen LogP contribution in [0.1, 0.15) is 38.7 Å². The summed E-state index contributed by atoms with van der Waals surface area (Å²) in [6.07, 6.45) is 10.6. The zero-order valence-corrected chi connectivity index (χ0v) is 10.2. The Balaban J connectivity index is 2.31. The van der Waals surface area contributed by atoms with Gasteiger partial charge in [0.1, 0.15) is 0 Å². The number of rotatable bonds is 3. The van der Waals surface area contributed by atoms with Crippen LogP contribution in [-0.4, -0.2) is 0 Å². The van der Waals surface area contributed by atoms with E-state index < -0.39 is 0 Å². The molecule has 0 bridgehead atoms. The summed E-state index contributed by atoms with van der Waals surface area (Å²) in [6, 6.07) is 10.9. The van der Waals surface area contributed by atoms with Crippen molar-refractivity contribution in [2.75, 3.05) is 0 Å². The van der Waals surface area contributed by atoms with Gasteiger partial charge in [-0.3, -0.25) is 0 Å². The van der Waals surface area contributed by atoms with Crippen LogP contribution in [-0.2, 0) is 5.41 Å². The summed E-state index contributed by atoms with van der Waals surface area (Å²) < 4.78 is 0. The molecule has 1 aromatic rings. The van der Waals surface area contributed by atoms with Crippen LogP contribution < -0.4 is 0 Å². The van der Waals surface area contributed by atoms with Crippen LogP contribution in [0.25, 0.3) is 0 Å². The normalized spacial score (nSPS) is 24.2. The molecule has 1 aromatic carbocycles. The fourth-order valence-electron chi connectivity index (χ4n) is 2.43. The molecule has 0 aromatic heterocycles. The lowest BCUT2D eigenvalue weighted by molar-refractivity contribution is 0.515. The van der Waals surface area contributed by atoms with Crippen molar-refractivity contribution in [3.8, 4) is 0 Å². The van der Waals surface area contributed by atoms with Gasteiger partial charge in [-0.05, 0) is 24.8 Å². The summed E-state index contributed by atoms with van der Waals surface area (Å²) in [7, 11) is 0. The van der Waals surface area contributed by atoms with Crippen LogP contribution in [0.2, 0.25) is 0 Å². The van der Waals surface area contributed by atoms with Crippen molar-refractivity contribution in [2.45, 2.75) is 38.5 Å². The van der Waals surface area contributed by atoms with E-state index in [1.165, 1.54) is 17.6 Å². The first kappa shape index (κ1) is 11.2. The Hall–Kier alpha value is -1.30. The maximum Gasteiger partial charge on any atom is 0.0167 e. The molecule has 0 saturated heterocycles. The molecule has 84 valence electrons. The Morgan fingerprint density at radius 3 is 2.38 bits per heavy atom. The van der Waals surface area contributed by atoms with E-state index in [9.17, 15) is 0 Å². The maximum absolute atomic E-state index is 2.40. The minimum absolute atomic E-state index is 0.236. The average Bonchev–Trinajstić information content (AvgIpc) is 2.40. The average molecular weight is 212 g/mol. The van der Waals surface area contributed by atoms with Crippen molar-refractivity contribution in [3.63, 3.8) is 0 Å². The third-order valence-electron chi connectivity index (χ3n) is 3.73. The second-order valence-electron chi connectivity index (χ2n) is 4.55. The lowest BCUT2D eigenvalue weighted by atomic mass is 9.72. The van der Waals surface area contributed by atoms with E-state index in [2.05, 4.69) is 62.4 Å². The van der Waals surface area contributed by atoms with Gasteiger partial charge >= 0.3 is 0 Å². The van der Waals surface area contributed by atoms with Gasteiger partial charge in [0.25, 0.3) is 0 Å². The number of hydrogen-bond donors (Lipinski definition) is 0. The third-order valence-corrected chi connectivity index (χ3v) is 3.73. The van der Waals surface area contributed by atoms with Crippen molar-refractivity contribution >= 4 is 0 Å². The topological polar surface area (TPSA) is 0 Å². The van der Waals surface area contributed by atoms with Gasteiger partial charge in [-0.1, -0.05) is 68.0 Å². The monoisotopic (exact) mass is 212 g/mol. The lowest BCUT2D eigenvalue weighted by Crippen LogP contribution is -2.23. The SMILES string of the molecule is CCC1=CCC(CC)(c2ccccc2)C=C1. The maximum atomic E-state index is 2.40. The fourth-order valence-corrected chi connectivity index (χ4v) is 2.43. The summed E-state index contributed by atoms with van der Waals surface area (Å²) >= 11 is 0. The molecule has 1 atom stereocenters. The van der Waals surface area contributed by atoms with Gasteiger partial charge in [-0.2, -0.15) is 0 Å². The molecule has 1 aliphatic rings. The summed E-state index contributed by atoms with van der Waals surface area (Å²) in [5, 5.41) is 0. The lowest BCUT2D eigenvalue weighted by Gasteiger charge is -2.32. The van der Waals surface area contributed by atoms with E-state index in [1.807, 2.05) is 0 Å². The van der Waals surface area contributed by atoms with E-state index in [0.717, 1.165) is 12.8 Å². The van der Waals surface area contributed by atoms with Gasteiger partial charge < -0.3 is 0 Å². The highest BCUT2D eigenvalue weighted by atomic mass is 14.3. The van der Waals surface area contributed by atoms with Gasteiger partial charge in [0.2, 0.25) is 0 Å². The number of benzene rings is 1. The summed E-state index contributed by atoms with van der Waals surface area (Å²) in [4.78, 5) is 0. The van der Waals surface area contributed by atoms with Gasteiger partial charge in [-0.25, -0.2) is 0 Å². The van der Waals surface area contributed by atoms with Gasteiger partial charge in [0.15, 0.2) is 0 Å². The number of hydrogen-bond acceptors (Lipinski definition) is 0. The molecular formula is C16H20. The zero-order valence-electron chi connectivity index (χ0n) is 10.2. The Labute approximate surface area is 98.7 Å². The molecule has 0 saturated carbocycles. The molecule has 1 unspecified atom stereocenters. The first-order valence-electron chi connectivity index (χ1n) is 6.24. The van der Waals surface area contributed by atoms with E-state index in [1.54, 1.807) is 0 Å². The molecular weight excluding hydrogens is 192 g/mol. The van der Waals surface area contributed by atoms with Gasteiger partial charge in [0, 0.05) is 5.41 Å². The summed E-state index contributed by atoms with van der Waals surface area (Å²) in [5.74, 6) is 0. The zero-order chi connectivity index (χ0) is 11.4. The molecule has 0 aliphatic heterocycles. The Bertz CT molecular complexity index is 397. The van der Waals surface area contributed by atoms with Crippen molar-refractivity contribution in [3.05, 3.63) is 59.7 Å². The molecule has 0 N–H and O–H groups in total. The largest absolute Gasteiger partial charge is 0.0801 e. The Kier molecular flexibility index (Phi) is 3.28. The highest BCUT2D eigenvalue weighted by Gasteiger charge is 2.27. The highest BCUT2D eigenvalue weighted by Crippen LogP contribution is 2.37. The molecule has 0 heterocycles. The van der Waals surface area contributed by atoms with Gasteiger partial charge in [0.05, 0.1) is 0 Å². The highest BCUT2D eigenvalue weighted by molar-refractivity contribution is 5.38. The molecule has 0 amide bonds. The van der Waals surface area contributed by atoms with Crippen molar-refractivity contribution < 1.29 is 0 Å². The van der Waals surface area contributed by atoms with E-state index in [4.69, 9.17) is 0 Å². The van der Waals surface area contributed by atoms with Crippen LogP contribution in [0, 0.1) is 0 Å². The standard InChI is InChI=1S/C16H20/c1-3-14-10-12-16(4-2,13-11-14)15-8-6-5-7-9-15/h5-12H,3-4,13H2,1-2H3. The molecule has 2 rings (SSSR count). The van der Waals surface area contributed by atoms with Crippen LogP contribution in [0.4, 0.5) is 0 Å². The molecule has 0 spiro atoms. The predicted molar refractivity (Wildman–Crippen MR) is 70.5 cm³/mol. The second-order valence-corrected chi connectivity index (χ2v) is 4.55. The van der Waals surface area contributed by atoms with Crippen LogP contribution >= 0.6 is 0 Å².